The Labute approximate surface area is 177 Å². The van der Waals surface area contributed by atoms with E-state index in [-0.39, 0.29) is 11.9 Å². The Morgan fingerprint density at radius 2 is 1.93 bits per heavy atom. The molecule has 3 amide bonds. The number of hydrogen-bond donors (Lipinski definition) is 3. The maximum Gasteiger partial charge on any atom is 0.323 e. The summed E-state index contributed by atoms with van der Waals surface area (Å²) in [4.78, 5) is 27.7. The quantitative estimate of drug-likeness (QED) is 0.539. The zero-order chi connectivity index (χ0) is 21.2. The van der Waals surface area contributed by atoms with Gasteiger partial charge in [-0.15, -0.1) is 0 Å². The molecule has 3 N–H and O–H groups in total. The molecule has 0 fully saturated rings. The third-order valence-electron chi connectivity index (χ3n) is 4.54. The molecule has 1 aliphatic carbocycles. The van der Waals surface area contributed by atoms with Gasteiger partial charge in [-0.25, -0.2) is 4.79 Å². The van der Waals surface area contributed by atoms with Gasteiger partial charge < -0.3 is 25.6 Å². The number of hydrogen-bond acceptors (Lipinski definition) is 5. The van der Waals surface area contributed by atoms with Crippen LogP contribution >= 0.6 is 12.2 Å². The molecule has 8 heteroatoms. The summed E-state index contributed by atoms with van der Waals surface area (Å²) in [6, 6.07) is 4.55. The number of anilines is 1. The minimum Gasteiger partial charge on any atom is -0.496 e. The van der Waals surface area contributed by atoms with Crippen molar-refractivity contribution in [2.45, 2.75) is 20.3 Å². The van der Waals surface area contributed by atoms with Crippen LogP contribution in [0.15, 0.2) is 42.1 Å². The summed E-state index contributed by atoms with van der Waals surface area (Å²) in [7, 11) is 1.49. The highest BCUT2D eigenvalue weighted by atomic mass is 32.1. The van der Waals surface area contributed by atoms with Gasteiger partial charge in [0.2, 0.25) is 0 Å². The zero-order valence-electron chi connectivity index (χ0n) is 17.1. The van der Waals surface area contributed by atoms with E-state index >= 15 is 0 Å². The van der Waals surface area contributed by atoms with Gasteiger partial charge in [0.05, 0.1) is 12.7 Å². The molecule has 0 bridgehead atoms. The van der Waals surface area contributed by atoms with Crippen molar-refractivity contribution >= 4 is 34.7 Å². The molecule has 0 aromatic heterocycles. The molecule has 1 aromatic rings. The van der Waals surface area contributed by atoms with Crippen LogP contribution in [0, 0.1) is 0 Å². The van der Waals surface area contributed by atoms with Crippen LogP contribution in [-0.2, 0) is 0 Å². The van der Waals surface area contributed by atoms with E-state index < -0.39 is 0 Å². The van der Waals surface area contributed by atoms with Crippen molar-refractivity contribution in [3.63, 3.8) is 0 Å². The van der Waals surface area contributed by atoms with E-state index in [9.17, 15) is 9.59 Å². The number of likely N-dealkylation sites (N-methyl/N-ethyl adjacent to an activating group) is 1. The number of ether oxygens (including phenoxy) is 1. The Hall–Kier alpha value is -2.71. The standard InChI is InChI=1S/C21H28N4O3S/c1-4-25(5-2)13-12-22-20(26)18-11-8-16(14-19(18)28-3)24-21(27)23-15-6-9-17(29)10-7-15/h6-9,11,14H,4-5,10,12-13H2,1-3H3,(H,22,26)(H2,23,24,27). The molecule has 29 heavy (non-hydrogen) atoms. The van der Waals surface area contributed by atoms with Crippen LogP contribution in [0.3, 0.4) is 0 Å². The van der Waals surface area contributed by atoms with Crippen molar-refractivity contribution in [2.24, 2.45) is 0 Å². The van der Waals surface area contributed by atoms with E-state index in [1.165, 1.54) is 7.11 Å². The average molecular weight is 417 g/mol. The fourth-order valence-corrected chi connectivity index (χ4v) is 2.99. The normalized spacial score (nSPS) is 13.1. The van der Waals surface area contributed by atoms with Crippen molar-refractivity contribution < 1.29 is 14.3 Å². The number of rotatable bonds is 9. The van der Waals surface area contributed by atoms with Gasteiger partial charge in [0.1, 0.15) is 5.75 Å². The largest absolute Gasteiger partial charge is 0.496 e. The monoisotopic (exact) mass is 416 g/mol. The number of nitrogens with one attached hydrogen (secondary N) is 3. The highest BCUT2D eigenvalue weighted by Crippen LogP contribution is 2.23. The number of methoxy groups -OCH3 is 1. The van der Waals surface area contributed by atoms with Gasteiger partial charge in [-0.3, -0.25) is 4.79 Å². The Morgan fingerprint density at radius 3 is 2.55 bits per heavy atom. The van der Waals surface area contributed by atoms with Crippen LogP contribution in [-0.4, -0.2) is 55.0 Å². The minimum absolute atomic E-state index is 0.210. The molecular weight excluding hydrogens is 388 g/mol. The van der Waals surface area contributed by atoms with Crippen LogP contribution in [0.4, 0.5) is 10.5 Å². The van der Waals surface area contributed by atoms with Gasteiger partial charge in [0.25, 0.3) is 5.91 Å². The minimum atomic E-state index is -0.382. The van der Waals surface area contributed by atoms with Crippen molar-refractivity contribution in [2.75, 3.05) is 38.6 Å². The number of amides is 3. The molecule has 0 atom stereocenters. The first-order valence-corrected chi connectivity index (χ1v) is 10.0. The average Bonchev–Trinajstić information content (AvgIpc) is 2.72. The first-order chi connectivity index (χ1) is 14.0. The van der Waals surface area contributed by atoms with Gasteiger partial charge in [0.15, 0.2) is 0 Å². The molecule has 0 unspecified atom stereocenters. The molecule has 0 spiro atoms. The summed E-state index contributed by atoms with van der Waals surface area (Å²) in [5.41, 5.74) is 1.63. The predicted molar refractivity (Wildman–Crippen MR) is 120 cm³/mol. The molecule has 1 aliphatic rings. The van der Waals surface area contributed by atoms with Crippen molar-refractivity contribution in [3.05, 3.63) is 47.7 Å². The van der Waals surface area contributed by atoms with Gasteiger partial charge in [-0.05, 0) is 37.4 Å². The lowest BCUT2D eigenvalue weighted by Crippen LogP contribution is -2.35. The van der Waals surface area contributed by atoms with Crippen LogP contribution in [0.1, 0.15) is 30.6 Å². The summed E-state index contributed by atoms with van der Waals surface area (Å²) in [5.74, 6) is 0.184. The summed E-state index contributed by atoms with van der Waals surface area (Å²) < 4.78 is 5.34. The summed E-state index contributed by atoms with van der Waals surface area (Å²) in [6.45, 7) is 7.40. The SMILES string of the molecule is CCN(CC)CCNC(=O)c1ccc(NC(=O)NC2=CCC(=S)C=C2)cc1OC. The molecule has 2 rings (SSSR count). The second kappa shape index (κ2) is 11.3. The Kier molecular flexibility index (Phi) is 8.82. The number of urea groups is 1. The summed E-state index contributed by atoms with van der Waals surface area (Å²) in [5, 5.41) is 8.40. The van der Waals surface area contributed by atoms with E-state index in [2.05, 4.69) is 34.7 Å². The maximum absolute atomic E-state index is 12.5. The van der Waals surface area contributed by atoms with E-state index in [4.69, 9.17) is 17.0 Å². The maximum atomic E-state index is 12.5. The van der Waals surface area contributed by atoms with Gasteiger partial charge in [0, 0.05) is 41.8 Å². The number of nitrogens with zero attached hydrogens (tertiary/aromatic N) is 1. The second-order valence-electron chi connectivity index (χ2n) is 6.44. The van der Waals surface area contributed by atoms with Crippen LogP contribution in [0.25, 0.3) is 0 Å². The summed E-state index contributed by atoms with van der Waals surface area (Å²) >= 11 is 5.08. The molecule has 0 aliphatic heterocycles. The van der Waals surface area contributed by atoms with Gasteiger partial charge in [-0.1, -0.05) is 32.1 Å². The molecule has 156 valence electrons. The molecule has 0 saturated carbocycles. The Morgan fingerprint density at radius 1 is 1.17 bits per heavy atom. The smallest absolute Gasteiger partial charge is 0.323 e. The Balaban J connectivity index is 1.95. The van der Waals surface area contributed by atoms with Crippen LogP contribution in [0.5, 0.6) is 5.75 Å². The van der Waals surface area contributed by atoms with Gasteiger partial charge in [-0.2, -0.15) is 0 Å². The number of thiocarbonyl (C=S) groups is 1. The summed E-state index contributed by atoms with van der Waals surface area (Å²) in [6.07, 6.45) is 6.04. The van der Waals surface area contributed by atoms with Gasteiger partial charge >= 0.3 is 6.03 Å². The highest BCUT2D eigenvalue weighted by Gasteiger charge is 2.14. The number of carbonyl (C=O) groups is 2. The third-order valence-corrected chi connectivity index (χ3v) is 4.84. The van der Waals surface area contributed by atoms with Crippen molar-refractivity contribution in [1.82, 2.24) is 15.5 Å². The van der Waals surface area contributed by atoms with E-state index in [0.29, 0.717) is 35.7 Å². The lowest BCUT2D eigenvalue weighted by molar-refractivity contribution is 0.0946. The van der Waals surface area contributed by atoms with E-state index in [1.807, 2.05) is 6.08 Å². The third kappa shape index (κ3) is 6.99. The van der Waals surface area contributed by atoms with Crippen molar-refractivity contribution in [3.8, 4) is 5.75 Å². The number of carbonyl (C=O) groups excluding carboxylic acids is 2. The second-order valence-corrected chi connectivity index (χ2v) is 6.96. The molecule has 1 aromatic carbocycles. The van der Waals surface area contributed by atoms with E-state index in [0.717, 1.165) is 24.5 Å². The fraction of sp³-hybridized carbons (Fsp3) is 0.381. The number of allylic oxidation sites excluding steroid dienone is 3. The van der Waals surface area contributed by atoms with Crippen LogP contribution < -0.4 is 20.7 Å². The molecular formula is C21H28N4O3S. The lowest BCUT2D eigenvalue weighted by Gasteiger charge is -2.18. The molecule has 0 heterocycles. The highest BCUT2D eigenvalue weighted by molar-refractivity contribution is 7.80. The molecule has 0 radical (unpaired) electrons. The predicted octanol–water partition coefficient (Wildman–Crippen LogP) is 3.10. The number of benzene rings is 1. The Bertz CT molecular complexity index is 816. The fourth-order valence-electron chi connectivity index (χ4n) is 2.83. The topological polar surface area (TPSA) is 82.7 Å². The molecule has 7 nitrogen and oxygen atoms in total. The first kappa shape index (κ1) is 22.6. The first-order valence-electron chi connectivity index (χ1n) is 9.64. The van der Waals surface area contributed by atoms with Crippen LogP contribution in [0.2, 0.25) is 0 Å². The molecule has 0 saturated heterocycles. The zero-order valence-corrected chi connectivity index (χ0v) is 17.9. The van der Waals surface area contributed by atoms with Crippen molar-refractivity contribution in [1.29, 1.82) is 0 Å². The lowest BCUT2D eigenvalue weighted by atomic mass is 10.1. The van der Waals surface area contributed by atoms with E-state index in [1.54, 1.807) is 30.4 Å².